The second kappa shape index (κ2) is 5.97. The summed E-state index contributed by atoms with van der Waals surface area (Å²) in [4.78, 5) is 16.7. The number of hydrogen-bond acceptors (Lipinski definition) is 5. The number of rotatable bonds is 4. The number of aryl methyl sites for hydroxylation is 1. The summed E-state index contributed by atoms with van der Waals surface area (Å²) in [6.45, 7) is 5.01. The molecule has 1 aliphatic heterocycles. The Hall–Kier alpha value is -1.69. The van der Waals surface area contributed by atoms with Gasteiger partial charge in [-0.05, 0) is 51.4 Å². The largest absolute Gasteiger partial charge is 0.370 e. The van der Waals surface area contributed by atoms with Crippen LogP contribution in [0.2, 0.25) is 0 Å². The predicted molar refractivity (Wildman–Crippen MR) is 74.3 cm³/mol. The van der Waals surface area contributed by atoms with Crippen molar-refractivity contribution in [1.29, 1.82) is 0 Å². The highest BCUT2D eigenvalue weighted by molar-refractivity contribution is 5.48. The average Bonchev–Trinajstić information content (AvgIpc) is 2.39. The van der Waals surface area contributed by atoms with Crippen molar-refractivity contribution in [2.24, 2.45) is 5.92 Å². The Morgan fingerprint density at radius 1 is 1.53 bits per heavy atom. The molecule has 0 aromatic carbocycles. The van der Waals surface area contributed by atoms with Gasteiger partial charge in [-0.25, -0.2) is 4.98 Å². The highest BCUT2D eigenvalue weighted by Gasteiger charge is 2.17. The van der Waals surface area contributed by atoms with Crippen molar-refractivity contribution in [2.45, 2.75) is 19.8 Å². The molecular weight excluding hydrogens is 244 g/mol. The summed E-state index contributed by atoms with van der Waals surface area (Å²) in [5.74, 6) is 1.41. The number of nitro groups is 1. The zero-order valence-electron chi connectivity index (χ0n) is 11.4. The Balaban J connectivity index is 1.91. The first kappa shape index (κ1) is 13.7. The summed E-state index contributed by atoms with van der Waals surface area (Å²) in [6, 6.07) is 1.56. The first-order chi connectivity index (χ1) is 9.06. The molecule has 0 atom stereocenters. The van der Waals surface area contributed by atoms with Crippen LogP contribution in [0.1, 0.15) is 18.4 Å². The molecule has 0 amide bonds. The van der Waals surface area contributed by atoms with E-state index in [0.717, 1.165) is 31.0 Å². The first-order valence-corrected chi connectivity index (χ1v) is 6.59. The average molecular weight is 264 g/mol. The zero-order chi connectivity index (χ0) is 13.8. The maximum Gasteiger partial charge on any atom is 0.287 e. The fourth-order valence-corrected chi connectivity index (χ4v) is 2.35. The summed E-state index contributed by atoms with van der Waals surface area (Å²) in [5.41, 5.74) is 0.865. The van der Waals surface area contributed by atoms with Gasteiger partial charge in [0, 0.05) is 12.6 Å². The van der Waals surface area contributed by atoms with Crippen LogP contribution in [0, 0.1) is 23.0 Å². The molecule has 2 rings (SSSR count). The highest BCUT2D eigenvalue weighted by Crippen LogP contribution is 2.20. The van der Waals surface area contributed by atoms with Gasteiger partial charge in [0.15, 0.2) is 0 Å². The Bertz CT molecular complexity index is 456. The fourth-order valence-electron chi connectivity index (χ4n) is 2.35. The summed E-state index contributed by atoms with van der Waals surface area (Å²) in [6.07, 6.45) is 3.69. The zero-order valence-corrected chi connectivity index (χ0v) is 11.4. The molecule has 0 radical (unpaired) electrons. The third-order valence-corrected chi connectivity index (χ3v) is 3.67. The van der Waals surface area contributed by atoms with Gasteiger partial charge in [-0.1, -0.05) is 0 Å². The third kappa shape index (κ3) is 3.64. The first-order valence-electron chi connectivity index (χ1n) is 6.59. The van der Waals surface area contributed by atoms with Crippen molar-refractivity contribution < 1.29 is 4.92 Å². The molecule has 6 nitrogen and oxygen atoms in total. The Labute approximate surface area is 113 Å². The van der Waals surface area contributed by atoms with Gasteiger partial charge in [-0.3, -0.25) is 10.1 Å². The topological polar surface area (TPSA) is 71.3 Å². The summed E-state index contributed by atoms with van der Waals surface area (Å²) in [7, 11) is 2.14. The molecular formula is C13H20N4O2. The van der Waals surface area contributed by atoms with Crippen LogP contribution in [0.3, 0.4) is 0 Å². The van der Waals surface area contributed by atoms with Crippen molar-refractivity contribution in [3.63, 3.8) is 0 Å². The Morgan fingerprint density at radius 2 is 2.21 bits per heavy atom. The lowest BCUT2D eigenvalue weighted by molar-refractivity contribution is -0.385. The molecule has 0 aliphatic carbocycles. The number of nitrogens with one attached hydrogen (secondary N) is 1. The number of aromatic nitrogens is 1. The van der Waals surface area contributed by atoms with Crippen molar-refractivity contribution in [3.8, 4) is 0 Å². The lowest BCUT2D eigenvalue weighted by atomic mass is 9.97. The maximum absolute atomic E-state index is 10.6. The van der Waals surface area contributed by atoms with Crippen LogP contribution < -0.4 is 5.32 Å². The number of nitrogens with zero attached hydrogens (tertiary/aromatic N) is 3. The Kier molecular flexibility index (Phi) is 4.31. The molecule has 1 saturated heterocycles. The van der Waals surface area contributed by atoms with Gasteiger partial charge in [0.25, 0.3) is 5.69 Å². The van der Waals surface area contributed by atoms with E-state index in [4.69, 9.17) is 0 Å². The quantitative estimate of drug-likeness (QED) is 0.665. The Morgan fingerprint density at radius 3 is 2.79 bits per heavy atom. The lowest BCUT2D eigenvalue weighted by Crippen LogP contribution is -2.33. The van der Waals surface area contributed by atoms with Crippen LogP contribution >= 0.6 is 0 Å². The van der Waals surface area contributed by atoms with Gasteiger partial charge in [-0.2, -0.15) is 0 Å². The molecule has 0 saturated carbocycles. The molecule has 0 bridgehead atoms. The monoisotopic (exact) mass is 264 g/mol. The third-order valence-electron chi connectivity index (χ3n) is 3.67. The fraction of sp³-hybridized carbons (Fsp3) is 0.615. The van der Waals surface area contributed by atoms with Crippen molar-refractivity contribution in [3.05, 3.63) is 27.9 Å². The standard InChI is InChI=1S/C13H20N4O2/c1-10-7-12(17(18)19)9-15-13(10)14-8-11-3-5-16(2)6-4-11/h7,9,11H,3-6,8H2,1-2H3,(H,14,15). The van der Waals surface area contributed by atoms with Crippen LogP contribution in [0.25, 0.3) is 0 Å². The van der Waals surface area contributed by atoms with Crippen molar-refractivity contribution >= 4 is 11.5 Å². The van der Waals surface area contributed by atoms with E-state index in [2.05, 4.69) is 22.2 Å². The summed E-state index contributed by atoms with van der Waals surface area (Å²) >= 11 is 0. The number of likely N-dealkylation sites (tertiary alicyclic amines) is 1. The van der Waals surface area contributed by atoms with Gasteiger partial charge in [0.05, 0.1) is 4.92 Å². The normalized spacial score (nSPS) is 17.4. The predicted octanol–water partition coefficient (Wildman–Crippen LogP) is 2.05. The molecule has 0 unspecified atom stereocenters. The molecule has 104 valence electrons. The van der Waals surface area contributed by atoms with E-state index in [1.165, 1.54) is 19.0 Å². The summed E-state index contributed by atoms with van der Waals surface area (Å²) in [5, 5.41) is 14.0. The molecule has 19 heavy (non-hydrogen) atoms. The van der Waals surface area contributed by atoms with Gasteiger partial charge in [0.2, 0.25) is 0 Å². The van der Waals surface area contributed by atoms with Crippen LogP contribution in [-0.2, 0) is 0 Å². The molecule has 1 aliphatic rings. The minimum absolute atomic E-state index is 0.0438. The SMILES string of the molecule is Cc1cc([N+](=O)[O-])cnc1NCC1CCN(C)CC1. The number of pyridine rings is 1. The van der Waals surface area contributed by atoms with E-state index in [-0.39, 0.29) is 5.69 Å². The number of piperidine rings is 1. The van der Waals surface area contributed by atoms with Gasteiger partial charge >= 0.3 is 0 Å². The molecule has 1 N–H and O–H groups in total. The van der Waals surface area contributed by atoms with E-state index in [0.29, 0.717) is 5.92 Å². The van der Waals surface area contributed by atoms with Crippen LogP contribution in [0.15, 0.2) is 12.3 Å². The maximum atomic E-state index is 10.6. The molecule has 1 aromatic rings. The number of hydrogen-bond donors (Lipinski definition) is 1. The molecule has 2 heterocycles. The molecule has 1 fully saturated rings. The summed E-state index contributed by atoms with van der Waals surface area (Å²) < 4.78 is 0. The van der Waals surface area contributed by atoms with E-state index in [1.54, 1.807) is 6.07 Å². The van der Waals surface area contributed by atoms with E-state index >= 15 is 0 Å². The second-order valence-electron chi connectivity index (χ2n) is 5.24. The second-order valence-corrected chi connectivity index (χ2v) is 5.24. The minimum atomic E-state index is -0.416. The minimum Gasteiger partial charge on any atom is -0.370 e. The van der Waals surface area contributed by atoms with Crippen molar-refractivity contribution in [1.82, 2.24) is 9.88 Å². The van der Waals surface area contributed by atoms with Crippen LogP contribution in [0.4, 0.5) is 11.5 Å². The number of anilines is 1. The van der Waals surface area contributed by atoms with E-state index in [9.17, 15) is 10.1 Å². The van der Waals surface area contributed by atoms with Gasteiger partial charge in [0.1, 0.15) is 12.0 Å². The van der Waals surface area contributed by atoms with Gasteiger partial charge in [-0.15, -0.1) is 0 Å². The van der Waals surface area contributed by atoms with Crippen molar-refractivity contribution in [2.75, 3.05) is 32.0 Å². The highest BCUT2D eigenvalue weighted by atomic mass is 16.6. The lowest BCUT2D eigenvalue weighted by Gasteiger charge is -2.29. The smallest absolute Gasteiger partial charge is 0.287 e. The van der Waals surface area contributed by atoms with Crippen LogP contribution in [-0.4, -0.2) is 41.5 Å². The molecule has 0 spiro atoms. The molecule has 1 aromatic heterocycles. The van der Waals surface area contributed by atoms with E-state index in [1.807, 2.05) is 6.92 Å². The van der Waals surface area contributed by atoms with Crippen LogP contribution in [0.5, 0.6) is 0 Å². The van der Waals surface area contributed by atoms with E-state index < -0.39 is 4.92 Å². The molecule has 6 heteroatoms. The van der Waals surface area contributed by atoms with Gasteiger partial charge < -0.3 is 10.2 Å².